The number of carbonyl (C=O) groups is 2. The third kappa shape index (κ3) is 6.05. The van der Waals surface area contributed by atoms with Crippen LogP contribution in [-0.2, 0) is 11.3 Å². The lowest BCUT2D eigenvalue weighted by molar-refractivity contribution is -0.137. The van der Waals surface area contributed by atoms with Gasteiger partial charge in [-0.1, -0.05) is 11.6 Å². The number of urea groups is 1. The molecule has 0 aliphatic carbocycles. The minimum Gasteiger partial charge on any atom is -0.481 e. The first-order chi connectivity index (χ1) is 8.58. The molecule has 0 fully saturated rings. The Labute approximate surface area is 109 Å². The Hall–Kier alpha value is -1.82. The molecule has 98 valence electrons. The number of halogens is 1. The SMILES string of the molecule is O=C(O)CCCNC(=O)NCc1ccc(Cl)cn1. The Kier molecular flexibility index (Phi) is 5.93. The van der Waals surface area contributed by atoms with Crippen molar-refractivity contribution in [1.29, 1.82) is 0 Å². The molecule has 0 unspecified atom stereocenters. The van der Waals surface area contributed by atoms with Crippen molar-refractivity contribution < 1.29 is 14.7 Å². The van der Waals surface area contributed by atoms with Gasteiger partial charge in [-0.25, -0.2) is 4.79 Å². The quantitative estimate of drug-likeness (QED) is 0.682. The minimum absolute atomic E-state index is 0.0407. The second-order valence-electron chi connectivity index (χ2n) is 3.57. The number of aromatic nitrogens is 1. The first-order valence-electron chi connectivity index (χ1n) is 5.42. The van der Waals surface area contributed by atoms with Crippen molar-refractivity contribution in [3.05, 3.63) is 29.0 Å². The molecule has 18 heavy (non-hydrogen) atoms. The predicted octanol–water partition coefficient (Wildman–Crippen LogP) is 1.40. The molecule has 2 amide bonds. The molecule has 1 heterocycles. The molecule has 0 aliphatic heterocycles. The fraction of sp³-hybridized carbons (Fsp3) is 0.364. The molecule has 0 atom stereocenters. The maximum absolute atomic E-state index is 11.3. The van der Waals surface area contributed by atoms with Crippen molar-refractivity contribution in [1.82, 2.24) is 15.6 Å². The lowest BCUT2D eigenvalue weighted by Crippen LogP contribution is -2.35. The Bertz CT molecular complexity index is 408. The Morgan fingerprint density at radius 1 is 1.33 bits per heavy atom. The van der Waals surface area contributed by atoms with E-state index in [0.29, 0.717) is 30.2 Å². The van der Waals surface area contributed by atoms with E-state index in [-0.39, 0.29) is 12.5 Å². The van der Waals surface area contributed by atoms with E-state index in [1.54, 1.807) is 12.1 Å². The van der Waals surface area contributed by atoms with E-state index >= 15 is 0 Å². The number of hydrogen-bond acceptors (Lipinski definition) is 3. The summed E-state index contributed by atoms with van der Waals surface area (Å²) < 4.78 is 0. The topological polar surface area (TPSA) is 91.3 Å². The Balaban J connectivity index is 2.17. The number of pyridine rings is 1. The maximum Gasteiger partial charge on any atom is 0.315 e. The molecule has 1 rings (SSSR count). The van der Waals surface area contributed by atoms with E-state index in [4.69, 9.17) is 16.7 Å². The van der Waals surface area contributed by atoms with Crippen molar-refractivity contribution in [3.8, 4) is 0 Å². The van der Waals surface area contributed by atoms with E-state index in [9.17, 15) is 9.59 Å². The summed E-state index contributed by atoms with van der Waals surface area (Å²) >= 11 is 5.67. The number of rotatable bonds is 6. The zero-order valence-electron chi connectivity index (χ0n) is 9.65. The number of nitrogens with zero attached hydrogens (tertiary/aromatic N) is 1. The van der Waals surface area contributed by atoms with Crippen LogP contribution in [0.2, 0.25) is 5.02 Å². The van der Waals surface area contributed by atoms with Gasteiger partial charge in [0.25, 0.3) is 0 Å². The van der Waals surface area contributed by atoms with Gasteiger partial charge >= 0.3 is 12.0 Å². The number of carboxylic acids is 1. The van der Waals surface area contributed by atoms with Crippen LogP contribution in [0.15, 0.2) is 18.3 Å². The van der Waals surface area contributed by atoms with Crippen molar-refractivity contribution in [2.75, 3.05) is 6.54 Å². The van der Waals surface area contributed by atoms with E-state index in [1.807, 2.05) is 0 Å². The number of carbonyl (C=O) groups excluding carboxylic acids is 1. The van der Waals surface area contributed by atoms with Gasteiger partial charge in [-0.05, 0) is 18.6 Å². The molecule has 0 saturated carbocycles. The monoisotopic (exact) mass is 271 g/mol. The van der Waals surface area contributed by atoms with Crippen LogP contribution in [0, 0.1) is 0 Å². The zero-order valence-corrected chi connectivity index (χ0v) is 10.4. The summed E-state index contributed by atoms with van der Waals surface area (Å²) in [6.45, 7) is 0.619. The third-order valence-corrected chi connectivity index (χ3v) is 2.30. The van der Waals surface area contributed by atoms with Crippen LogP contribution < -0.4 is 10.6 Å². The lowest BCUT2D eigenvalue weighted by atomic mass is 10.3. The van der Waals surface area contributed by atoms with Crippen LogP contribution in [0.3, 0.4) is 0 Å². The number of hydrogen-bond donors (Lipinski definition) is 3. The van der Waals surface area contributed by atoms with Crippen LogP contribution >= 0.6 is 11.6 Å². The highest BCUT2D eigenvalue weighted by Crippen LogP contribution is 2.05. The van der Waals surface area contributed by atoms with Gasteiger partial charge in [0.05, 0.1) is 17.3 Å². The van der Waals surface area contributed by atoms with Gasteiger partial charge in [-0.3, -0.25) is 9.78 Å². The molecule has 3 N–H and O–H groups in total. The maximum atomic E-state index is 11.3. The van der Waals surface area contributed by atoms with E-state index in [0.717, 1.165) is 0 Å². The van der Waals surface area contributed by atoms with E-state index in [1.165, 1.54) is 6.20 Å². The van der Waals surface area contributed by atoms with Crippen molar-refractivity contribution in [2.24, 2.45) is 0 Å². The summed E-state index contributed by atoms with van der Waals surface area (Å²) in [6, 6.07) is 3.06. The van der Waals surface area contributed by atoms with Gasteiger partial charge in [0.15, 0.2) is 0 Å². The number of carboxylic acid groups (broad SMARTS) is 1. The standard InChI is InChI=1S/C11H14ClN3O3/c12-8-3-4-9(14-6-8)7-15-11(18)13-5-1-2-10(16)17/h3-4,6H,1-2,5,7H2,(H,16,17)(H2,13,15,18). The highest BCUT2D eigenvalue weighted by molar-refractivity contribution is 6.30. The molecule has 0 radical (unpaired) electrons. The molecule has 0 aromatic carbocycles. The second kappa shape index (κ2) is 7.50. The summed E-state index contributed by atoms with van der Waals surface area (Å²) in [5.41, 5.74) is 0.695. The molecule has 0 saturated heterocycles. The highest BCUT2D eigenvalue weighted by Gasteiger charge is 2.02. The second-order valence-corrected chi connectivity index (χ2v) is 4.01. The van der Waals surface area contributed by atoms with Crippen LogP contribution in [0.4, 0.5) is 4.79 Å². The fourth-order valence-corrected chi connectivity index (χ4v) is 1.30. The number of aliphatic carboxylic acids is 1. The van der Waals surface area contributed by atoms with Crippen molar-refractivity contribution in [3.63, 3.8) is 0 Å². The summed E-state index contributed by atoms with van der Waals surface area (Å²) in [7, 11) is 0. The lowest BCUT2D eigenvalue weighted by Gasteiger charge is -2.06. The van der Waals surface area contributed by atoms with E-state index < -0.39 is 5.97 Å². The molecule has 0 aliphatic rings. The molecule has 0 spiro atoms. The molecular weight excluding hydrogens is 258 g/mol. The average Bonchev–Trinajstić information content (AvgIpc) is 2.34. The molecule has 1 aromatic rings. The summed E-state index contributed by atoms with van der Waals surface area (Å²) in [5, 5.41) is 14.1. The summed E-state index contributed by atoms with van der Waals surface area (Å²) in [4.78, 5) is 25.6. The number of nitrogens with one attached hydrogen (secondary N) is 2. The van der Waals surface area contributed by atoms with Crippen molar-refractivity contribution in [2.45, 2.75) is 19.4 Å². The largest absolute Gasteiger partial charge is 0.481 e. The zero-order chi connectivity index (χ0) is 13.4. The first kappa shape index (κ1) is 14.2. The predicted molar refractivity (Wildman–Crippen MR) is 66.4 cm³/mol. The van der Waals surface area contributed by atoms with E-state index in [2.05, 4.69) is 15.6 Å². The van der Waals surface area contributed by atoms with Gasteiger partial charge < -0.3 is 15.7 Å². The normalized spacial score (nSPS) is 9.83. The highest BCUT2D eigenvalue weighted by atomic mass is 35.5. The van der Waals surface area contributed by atoms with Crippen LogP contribution in [-0.4, -0.2) is 28.6 Å². The Morgan fingerprint density at radius 2 is 2.11 bits per heavy atom. The first-order valence-corrected chi connectivity index (χ1v) is 5.79. The Morgan fingerprint density at radius 3 is 2.72 bits per heavy atom. The van der Waals surface area contributed by atoms with Gasteiger partial charge in [0.1, 0.15) is 0 Å². The van der Waals surface area contributed by atoms with Gasteiger partial charge in [-0.2, -0.15) is 0 Å². The molecule has 6 nitrogen and oxygen atoms in total. The molecule has 7 heteroatoms. The van der Waals surface area contributed by atoms with Crippen LogP contribution in [0.1, 0.15) is 18.5 Å². The van der Waals surface area contributed by atoms with Gasteiger partial charge in [0, 0.05) is 19.2 Å². The third-order valence-electron chi connectivity index (χ3n) is 2.07. The summed E-state index contributed by atoms with van der Waals surface area (Å²) in [6.07, 6.45) is 1.95. The minimum atomic E-state index is -0.873. The fourth-order valence-electron chi connectivity index (χ4n) is 1.19. The number of amides is 2. The van der Waals surface area contributed by atoms with Crippen LogP contribution in [0.5, 0.6) is 0 Å². The molecule has 0 bridgehead atoms. The summed E-state index contributed by atoms with van der Waals surface area (Å²) in [5.74, 6) is -0.873. The van der Waals surface area contributed by atoms with Gasteiger partial charge in [-0.15, -0.1) is 0 Å². The molecular formula is C11H14ClN3O3. The average molecular weight is 272 g/mol. The van der Waals surface area contributed by atoms with Gasteiger partial charge in [0.2, 0.25) is 0 Å². The smallest absolute Gasteiger partial charge is 0.315 e. The molecule has 1 aromatic heterocycles. The van der Waals surface area contributed by atoms with Crippen LogP contribution in [0.25, 0.3) is 0 Å². The van der Waals surface area contributed by atoms with Crippen molar-refractivity contribution >= 4 is 23.6 Å².